The van der Waals surface area contributed by atoms with Gasteiger partial charge in [-0.15, -0.1) is 0 Å². The fourth-order valence-electron chi connectivity index (χ4n) is 1.40. The smallest absolute Gasteiger partial charge is 0.329 e. The Balaban J connectivity index is 0. The van der Waals surface area contributed by atoms with Crippen molar-refractivity contribution < 1.29 is 54.1 Å². The molecule has 0 spiro atoms. The first-order chi connectivity index (χ1) is 12.3. The summed E-state index contributed by atoms with van der Waals surface area (Å²) in [6.07, 6.45) is 0. The Hall–Kier alpha value is -1.83. The predicted molar refractivity (Wildman–Crippen MR) is 86.0 cm³/mol. The molecule has 0 aliphatic heterocycles. The molecule has 0 aromatic carbocycles. The maximum Gasteiger partial charge on any atom is 0.329 e. The van der Waals surface area contributed by atoms with E-state index in [1.54, 1.807) is 0 Å². The quantitative estimate of drug-likeness (QED) is 0.177. The molecule has 26 heavy (non-hydrogen) atoms. The van der Waals surface area contributed by atoms with E-state index in [1.165, 1.54) is 4.90 Å². The molecule has 0 fully saturated rings. The molecule has 12 heteroatoms. The van der Waals surface area contributed by atoms with Gasteiger partial charge < -0.3 is 39.7 Å². The van der Waals surface area contributed by atoms with Crippen molar-refractivity contribution in [2.24, 2.45) is 0 Å². The minimum absolute atomic E-state index is 0.0900. The molecule has 154 valence electrons. The summed E-state index contributed by atoms with van der Waals surface area (Å²) < 4.78 is 14.3. The summed E-state index contributed by atoms with van der Waals surface area (Å²) in [7, 11) is 0. The SMILES string of the molecule is O=C(O)CN(CCO)CCO.O=C(O)COCCOCCOCC(=O)O. The lowest BCUT2D eigenvalue weighted by molar-refractivity contribution is -0.143. The first-order valence-corrected chi connectivity index (χ1v) is 7.66. The van der Waals surface area contributed by atoms with Crippen LogP contribution in [0.25, 0.3) is 0 Å². The molecule has 12 nitrogen and oxygen atoms in total. The van der Waals surface area contributed by atoms with Crippen molar-refractivity contribution in [1.29, 1.82) is 0 Å². The van der Waals surface area contributed by atoms with Gasteiger partial charge in [0.05, 0.1) is 46.2 Å². The number of aliphatic carboxylic acids is 3. The van der Waals surface area contributed by atoms with Gasteiger partial charge in [0.15, 0.2) is 0 Å². The summed E-state index contributed by atoms with van der Waals surface area (Å²) in [6, 6.07) is 0. The maximum absolute atomic E-state index is 10.2. The minimum atomic E-state index is -1.03. The first kappa shape index (κ1) is 26.4. The molecule has 0 saturated heterocycles. The Morgan fingerprint density at radius 2 is 1.04 bits per heavy atom. The van der Waals surface area contributed by atoms with E-state index in [4.69, 9.17) is 30.3 Å². The van der Waals surface area contributed by atoms with E-state index in [0.717, 1.165) is 0 Å². The zero-order chi connectivity index (χ0) is 20.2. The predicted octanol–water partition coefficient (Wildman–Crippen LogP) is -2.44. The van der Waals surface area contributed by atoms with Crippen LogP contribution in [0.15, 0.2) is 0 Å². The summed E-state index contributed by atoms with van der Waals surface area (Å²) in [4.78, 5) is 31.6. The number of carboxylic acids is 3. The number of hydrogen-bond donors (Lipinski definition) is 5. The fraction of sp³-hybridized carbons (Fsp3) is 0.786. The molecule has 0 amide bonds. The van der Waals surface area contributed by atoms with Gasteiger partial charge in [-0.25, -0.2) is 9.59 Å². The molecular weight excluding hydrogens is 358 g/mol. The fourth-order valence-corrected chi connectivity index (χ4v) is 1.40. The zero-order valence-electron chi connectivity index (χ0n) is 14.4. The highest BCUT2D eigenvalue weighted by Crippen LogP contribution is 1.85. The average Bonchev–Trinajstić information content (AvgIpc) is 2.53. The highest BCUT2D eigenvalue weighted by Gasteiger charge is 2.07. The summed E-state index contributed by atoms with van der Waals surface area (Å²) in [5.41, 5.74) is 0. The second kappa shape index (κ2) is 19.5. The normalized spacial score (nSPS) is 10.3. The highest BCUT2D eigenvalue weighted by atomic mass is 16.6. The average molecular weight is 385 g/mol. The van der Waals surface area contributed by atoms with E-state index in [0.29, 0.717) is 0 Å². The molecule has 0 saturated carbocycles. The Morgan fingerprint density at radius 3 is 1.35 bits per heavy atom. The molecule has 5 N–H and O–H groups in total. The molecule has 0 atom stereocenters. The molecule has 0 aromatic rings. The summed E-state index contributed by atoms with van der Waals surface area (Å²) in [6.45, 7) is 0.434. The van der Waals surface area contributed by atoms with Crippen molar-refractivity contribution in [1.82, 2.24) is 4.90 Å². The molecule has 0 bridgehead atoms. The van der Waals surface area contributed by atoms with Crippen molar-refractivity contribution in [3.8, 4) is 0 Å². The molecule has 0 radical (unpaired) electrons. The van der Waals surface area contributed by atoms with Crippen LogP contribution in [0.5, 0.6) is 0 Å². The van der Waals surface area contributed by atoms with Crippen LogP contribution in [0, 0.1) is 0 Å². The lowest BCUT2D eigenvalue weighted by Crippen LogP contribution is -2.34. The van der Waals surface area contributed by atoms with Gasteiger partial charge in [0.1, 0.15) is 13.2 Å². The molecule has 0 rings (SSSR count). The number of hydrogen-bond acceptors (Lipinski definition) is 9. The van der Waals surface area contributed by atoms with Gasteiger partial charge in [-0.3, -0.25) is 9.69 Å². The Labute approximate surface area is 150 Å². The number of aliphatic hydroxyl groups is 2. The van der Waals surface area contributed by atoms with Crippen LogP contribution in [0.3, 0.4) is 0 Å². The molecule has 0 heterocycles. The molecule has 0 unspecified atom stereocenters. The van der Waals surface area contributed by atoms with Crippen molar-refractivity contribution in [3.63, 3.8) is 0 Å². The second-order valence-corrected chi connectivity index (χ2v) is 4.62. The van der Waals surface area contributed by atoms with Crippen LogP contribution >= 0.6 is 0 Å². The number of carboxylic acid groups (broad SMARTS) is 3. The van der Waals surface area contributed by atoms with Crippen LogP contribution in [0.4, 0.5) is 0 Å². The Bertz CT molecular complexity index is 352. The lowest BCUT2D eigenvalue weighted by atomic mass is 10.4. The number of aliphatic hydroxyl groups excluding tert-OH is 2. The van der Waals surface area contributed by atoms with Gasteiger partial charge in [-0.05, 0) is 0 Å². The molecule has 0 aromatic heterocycles. The number of nitrogens with zero attached hydrogens (tertiary/aromatic N) is 1. The van der Waals surface area contributed by atoms with E-state index >= 15 is 0 Å². The van der Waals surface area contributed by atoms with Crippen LogP contribution in [-0.2, 0) is 28.6 Å². The van der Waals surface area contributed by atoms with Crippen LogP contribution in [0.2, 0.25) is 0 Å². The standard InChI is InChI=1S/C8H14O7.C6H13NO4/c9-7(10)5-14-3-1-13-2-4-15-6-8(11)12;8-3-1-7(2-4-9)5-6(10)11/h1-6H2,(H,9,10)(H,11,12);8-9H,1-5H2,(H,10,11). The monoisotopic (exact) mass is 385 g/mol. The van der Waals surface area contributed by atoms with E-state index in [9.17, 15) is 14.4 Å². The zero-order valence-corrected chi connectivity index (χ0v) is 14.4. The Kier molecular flexibility index (Phi) is 19.8. The van der Waals surface area contributed by atoms with Crippen LogP contribution in [-0.4, -0.2) is 121 Å². The number of rotatable bonds is 16. The molecular formula is C14H27NO11. The van der Waals surface area contributed by atoms with Gasteiger partial charge in [-0.1, -0.05) is 0 Å². The van der Waals surface area contributed by atoms with Gasteiger partial charge in [0.2, 0.25) is 0 Å². The second-order valence-electron chi connectivity index (χ2n) is 4.62. The third-order valence-corrected chi connectivity index (χ3v) is 2.39. The summed E-state index contributed by atoms with van der Waals surface area (Å²) >= 11 is 0. The third kappa shape index (κ3) is 24.4. The van der Waals surface area contributed by atoms with Crippen LogP contribution < -0.4 is 0 Å². The maximum atomic E-state index is 10.2. The summed E-state index contributed by atoms with van der Waals surface area (Å²) in [5.74, 6) is -3.01. The lowest BCUT2D eigenvalue weighted by Gasteiger charge is -2.16. The van der Waals surface area contributed by atoms with Crippen molar-refractivity contribution >= 4 is 17.9 Å². The van der Waals surface area contributed by atoms with Crippen molar-refractivity contribution in [3.05, 3.63) is 0 Å². The van der Waals surface area contributed by atoms with Crippen LogP contribution in [0.1, 0.15) is 0 Å². The van der Waals surface area contributed by atoms with E-state index in [2.05, 4.69) is 9.47 Å². The van der Waals surface area contributed by atoms with Gasteiger partial charge in [0.25, 0.3) is 0 Å². The van der Waals surface area contributed by atoms with E-state index in [-0.39, 0.29) is 72.5 Å². The van der Waals surface area contributed by atoms with Gasteiger partial charge >= 0.3 is 17.9 Å². The van der Waals surface area contributed by atoms with Gasteiger partial charge in [0, 0.05) is 13.1 Å². The highest BCUT2D eigenvalue weighted by molar-refractivity contribution is 5.69. The van der Waals surface area contributed by atoms with E-state index in [1.807, 2.05) is 0 Å². The first-order valence-electron chi connectivity index (χ1n) is 7.66. The number of carbonyl (C=O) groups is 3. The topological polar surface area (TPSA) is 183 Å². The third-order valence-electron chi connectivity index (χ3n) is 2.39. The van der Waals surface area contributed by atoms with Crippen molar-refractivity contribution in [2.75, 3.05) is 72.5 Å². The largest absolute Gasteiger partial charge is 0.480 e. The van der Waals surface area contributed by atoms with E-state index < -0.39 is 17.9 Å². The number of ether oxygens (including phenoxy) is 3. The molecule has 0 aliphatic carbocycles. The Morgan fingerprint density at radius 1 is 0.654 bits per heavy atom. The molecule has 0 aliphatic rings. The van der Waals surface area contributed by atoms with Gasteiger partial charge in [-0.2, -0.15) is 0 Å². The van der Waals surface area contributed by atoms with Crippen molar-refractivity contribution in [2.45, 2.75) is 0 Å². The minimum Gasteiger partial charge on any atom is -0.480 e. The summed E-state index contributed by atoms with van der Waals surface area (Å²) in [5, 5.41) is 41.6.